The molecule has 0 aliphatic carbocycles. The summed E-state index contributed by atoms with van der Waals surface area (Å²) in [7, 11) is 0. The van der Waals surface area contributed by atoms with Crippen molar-refractivity contribution >= 4 is 11.0 Å². The van der Waals surface area contributed by atoms with Crippen molar-refractivity contribution in [1.29, 1.82) is 0 Å². The van der Waals surface area contributed by atoms with Crippen LogP contribution in [0.2, 0.25) is 0 Å². The molecule has 30 heavy (non-hydrogen) atoms. The van der Waals surface area contributed by atoms with Gasteiger partial charge in [-0.3, -0.25) is 9.36 Å². The number of pyridine rings is 1. The lowest BCUT2D eigenvalue weighted by Gasteiger charge is -2.22. The number of hydrogen-bond donors (Lipinski definition) is 1. The molecule has 2 aromatic carbocycles. The quantitative estimate of drug-likeness (QED) is 0.514. The topological polar surface area (TPSA) is 77.2 Å². The molecule has 0 aliphatic heterocycles. The highest BCUT2D eigenvalue weighted by Crippen LogP contribution is 2.28. The molecule has 152 valence electrons. The Balaban J connectivity index is 1.52. The summed E-state index contributed by atoms with van der Waals surface area (Å²) >= 11 is 0. The summed E-state index contributed by atoms with van der Waals surface area (Å²) in [6.07, 6.45) is 1.83. The molecule has 2 atom stereocenters. The summed E-state index contributed by atoms with van der Waals surface area (Å²) in [5.74, 6) is 0. The van der Waals surface area contributed by atoms with Gasteiger partial charge in [-0.25, -0.2) is 9.97 Å². The lowest BCUT2D eigenvalue weighted by atomic mass is 9.97. The molecule has 0 unspecified atom stereocenters. The van der Waals surface area contributed by atoms with Crippen LogP contribution in [0.25, 0.3) is 11.0 Å². The number of ether oxygens (including phenoxy) is 1. The molecule has 0 amide bonds. The molecule has 6 heteroatoms. The minimum atomic E-state index is -0.867. The Hall–Kier alpha value is -3.35. The Morgan fingerprint density at radius 3 is 2.57 bits per heavy atom. The molecule has 2 heterocycles. The molecular formula is C24H23N3O3. The number of rotatable bonds is 7. The molecule has 0 saturated heterocycles. The van der Waals surface area contributed by atoms with E-state index in [0.29, 0.717) is 11.0 Å². The molecule has 2 aromatic heterocycles. The maximum Gasteiger partial charge on any atom is 0.262 e. The second-order valence-electron chi connectivity index (χ2n) is 7.21. The average Bonchev–Trinajstić information content (AvgIpc) is 2.78. The summed E-state index contributed by atoms with van der Waals surface area (Å²) < 4.78 is 7.55. The number of fused-ring (bicyclic) bond motifs is 1. The first-order chi connectivity index (χ1) is 14.6. The number of aryl methyl sites for hydroxylation is 1. The Morgan fingerprint density at radius 2 is 1.77 bits per heavy atom. The maximum absolute atomic E-state index is 12.6. The molecule has 4 aromatic rings. The van der Waals surface area contributed by atoms with Crippen LogP contribution in [0.1, 0.15) is 22.8 Å². The highest BCUT2D eigenvalue weighted by molar-refractivity contribution is 5.72. The minimum Gasteiger partial charge on any atom is -0.389 e. The third-order valence-electron chi connectivity index (χ3n) is 5.03. The smallest absolute Gasteiger partial charge is 0.262 e. The molecule has 6 nitrogen and oxygen atoms in total. The second-order valence-corrected chi connectivity index (χ2v) is 7.21. The van der Waals surface area contributed by atoms with Crippen LogP contribution in [0, 0.1) is 6.92 Å². The Kier molecular flexibility index (Phi) is 5.97. The SMILES string of the molecule is Cc1ccccc1[C@H](OC[C@@H](O)Cn1cnc2ncccc2c1=O)c1ccccc1. The van der Waals surface area contributed by atoms with Crippen LogP contribution in [0.15, 0.2) is 84.0 Å². The van der Waals surface area contributed by atoms with Gasteiger partial charge in [0.05, 0.1) is 24.6 Å². The highest BCUT2D eigenvalue weighted by atomic mass is 16.5. The largest absolute Gasteiger partial charge is 0.389 e. The van der Waals surface area contributed by atoms with Crippen LogP contribution in [0.3, 0.4) is 0 Å². The lowest BCUT2D eigenvalue weighted by molar-refractivity contribution is -0.00119. The Bertz CT molecular complexity index is 1190. The van der Waals surface area contributed by atoms with E-state index in [-0.39, 0.29) is 24.8 Å². The van der Waals surface area contributed by atoms with Gasteiger partial charge in [-0.15, -0.1) is 0 Å². The van der Waals surface area contributed by atoms with E-state index in [0.717, 1.165) is 16.7 Å². The zero-order chi connectivity index (χ0) is 20.9. The first kappa shape index (κ1) is 19.9. The lowest BCUT2D eigenvalue weighted by Crippen LogP contribution is -2.30. The molecule has 0 bridgehead atoms. The normalized spacial score (nSPS) is 13.3. The van der Waals surface area contributed by atoms with Crippen LogP contribution < -0.4 is 5.56 Å². The van der Waals surface area contributed by atoms with E-state index in [4.69, 9.17) is 4.74 Å². The highest BCUT2D eigenvalue weighted by Gasteiger charge is 2.19. The van der Waals surface area contributed by atoms with Gasteiger partial charge in [0.2, 0.25) is 0 Å². The molecule has 1 N–H and O–H groups in total. The average molecular weight is 401 g/mol. The van der Waals surface area contributed by atoms with E-state index in [2.05, 4.69) is 9.97 Å². The zero-order valence-electron chi connectivity index (χ0n) is 16.7. The van der Waals surface area contributed by atoms with Crippen LogP contribution >= 0.6 is 0 Å². The van der Waals surface area contributed by atoms with Crippen molar-refractivity contribution in [1.82, 2.24) is 14.5 Å². The van der Waals surface area contributed by atoms with Gasteiger partial charge in [0.25, 0.3) is 5.56 Å². The number of benzene rings is 2. The van der Waals surface area contributed by atoms with Crippen molar-refractivity contribution < 1.29 is 9.84 Å². The molecule has 0 radical (unpaired) electrons. The van der Waals surface area contributed by atoms with Crippen LogP contribution in [0.4, 0.5) is 0 Å². The summed E-state index contributed by atoms with van der Waals surface area (Å²) in [5, 5.41) is 11.0. The van der Waals surface area contributed by atoms with Crippen molar-refractivity contribution in [3.05, 3.63) is 106 Å². The predicted molar refractivity (Wildman–Crippen MR) is 115 cm³/mol. The molecule has 0 spiro atoms. The number of aliphatic hydroxyl groups is 1. The van der Waals surface area contributed by atoms with Crippen molar-refractivity contribution in [2.75, 3.05) is 6.61 Å². The first-order valence-electron chi connectivity index (χ1n) is 9.84. The van der Waals surface area contributed by atoms with Gasteiger partial charge in [-0.1, -0.05) is 54.6 Å². The monoisotopic (exact) mass is 401 g/mol. The molecule has 4 rings (SSSR count). The summed E-state index contributed by atoms with van der Waals surface area (Å²) in [4.78, 5) is 20.9. The Morgan fingerprint density at radius 1 is 1.00 bits per heavy atom. The van der Waals surface area contributed by atoms with Gasteiger partial charge < -0.3 is 9.84 Å². The van der Waals surface area contributed by atoms with Gasteiger partial charge in [-0.05, 0) is 35.7 Å². The number of hydrogen-bond acceptors (Lipinski definition) is 5. The third kappa shape index (κ3) is 4.30. The Labute approximate surface area is 174 Å². The molecule has 0 fully saturated rings. The van der Waals surface area contributed by atoms with Crippen LogP contribution in [0.5, 0.6) is 0 Å². The maximum atomic E-state index is 12.6. The fourth-order valence-electron chi connectivity index (χ4n) is 3.49. The fourth-order valence-corrected chi connectivity index (χ4v) is 3.49. The van der Waals surface area contributed by atoms with E-state index < -0.39 is 6.10 Å². The summed E-state index contributed by atoms with van der Waals surface area (Å²) in [6, 6.07) is 21.3. The van der Waals surface area contributed by atoms with Crippen LogP contribution in [-0.4, -0.2) is 32.4 Å². The van der Waals surface area contributed by atoms with E-state index >= 15 is 0 Å². The zero-order valence-corrected chi connectivity index (χ0v) is 16.7. The fraction of sp³-hybridized carbons (Fsp3) is 0.208. The number of aromatic nitrogens is 3. The van der Waals surface area contributed by atoms with Crippen molar-refractivity contribution in [3.63, 3.8) is 0 Å². The minimum absolute atomic E-state index is 0.0748. The molecular weight excluding hydrogens is 378 g/mol. The van der Waals surface area contributed by atoms with E-state index in [1.807, 2.05) is 61.5 Å². The van der Waals surface area contributed by atoms with Gasteiger partial charge in [0, 0.05) is 6.20 Å². The second kappa shape index (κ2) is 8.98. The van der Waals surface area contributed by atoms with E-state index in [1.54, 1.807) is 18.3 Å². The van der Waals surface area contributed by atoms with Gasteiger partial charge in [0.15, 0.2) is 5.65 Å². The summed E-state index contributed by atoms with van der Waals surface area (Å²) in [5.41, 5.74) is 3.34. The van der Waals surface area contributed by atoms with Crippen molar-refractivity contribution in [2.24, 2.45) is 0 Å². The van der Waals surface area contributed by atoms with E-state index in [9.17, 15) is 9.90 Å². The molecule has 0 aliphatic rings. The van der Waals surface area contributed by atoms with E-state index in [1.165, 1.54) is 10.9 Å². The molecule has 0 saturated carbocycles. The van der Waals surface area contributed by atoms with Gasteiger partial charge in [0.1, 0.15) is 12.4 Å². The number of nitrogens with zero attached hydrogens (tertiary/aromatic N) is 3. The van der Waals surface area contributed by atoms with Crippen molar-refractivity contribution in [2.45, 2.75) is 25.7 Å². The van der Waals surface area contributed by atoms with Gasteiger partial charge >= 0.3 is 0 Å². The number of aliphatic hydroxyl groups excluding tert-OH is 1. The first-order valence-corrected chi connectivity index (χ1v) is 9.84. The van der Waals surface area contributed by atoms with Crippen molar-refractivity contribution in [3.8, 4) is 0 Å². The standard InChI is InChI=1S/C24H23N3O3/c1-17-8-5-6-11-20(17)22(18-9-3-2-4-10-18)30-15-19(28)14-27-16-26-23-21(24(27)29)12-7-13-25-23/h2-13,16,19,22,28H,14-15H2,1H3/t19-,22+/m0/s1. The third-order valence-corrected chi connectivity index (χ3v) is 5.03. The van der Waals surface area contributed by atoms with Crippen LogP contribution in [-0.2, 0) is 11.3 Å². The predicted octanol–water partition coefficient (Wildman–Crippen LogP) is 3.27. The van der Waals surface area contributed by atoms with Gasteiger partial charge in [-0.2, -0.15) is 0 Å². The summed E-state index contributed by atoms with van der Waals surface area (Å²) in [6.45, 7) is 2.21.